The van der Waals surface area contributed by atoms with Crippen molar-refractivity contribution in [3.63, 3.8) is 0 Å². The molecule has 1 aromatic rings. The van der Waals surface area contributed by atoms with Crippen molar-refractivity contribution >= 4 is 0 Å². The lowest BCUT2D eigenvalue weighted by Crippen LogP contribution is -2.04. The average Bonchev–Trinajstić information content (AvgIpc) is 2.45. The van der Waals surface area contributed by atoms with E-state index in [0.29, 0.717) is 11.8 Å². The standard InChI is InChI=1S/C11H19NO/c1-7(2)9(4)11-10(13-5)6-8(3)12-11/h6-7,9,12H,1-5H3. The number of aromatic nitrogens is 1. The van der Waals surface area contributed by atoms with Gasteiger partial charge in [0.05, 0.1) is 12.8 Å². The van der Waals surface area contributed by atoms with E-state index in [1.54, 1.807) is 7.11 Å². The fraction of sp³-hybridized carbons (Fsp3) is 0.636. The van der Waals surface area contributed by atoms with Crippen LogP contribution < -0.4 is 4.74 Å². The molecule has 1 unspecified atom stereocenters. The summed E-state index contributed by atoms with van der Waals surface area (Å²) >= 11 is 0. The van der Waals surface area contributed by atoms with Crippen LogP contribution in [0, 0.1) is 12.8 Å². The number of hydrogen-bond acceptors (Lipinski definition) is 1. The number of hydrogen-bond donors (Lipinski definition) is 1. The fourth-order valence-electron chi connectivity index (χ4n) is 1.42. The first-order chi connectivity index (χ1) is 6.06. The van der Waals surface area contributed by atoms with Gasteiger partial charge in [-0.05, 0) is 12.8 Å². The Kier molecular flexibility index (Phi) is 3.02. The largest absolute Gasteiger partial charge is 0.495 e. The Labute approximate surface area is 80.3 Å². The summed E-state index contributed by atoms with van der Waals surface area (Å²) in [5.41, 5.74) is 2.38. The molecule has 0 aliphatic heterocycles. The monoisotopic (exact) mass is 181 g/mol. The number of ether oxygens (including phenoxy) is 1. The van der Waals surface area contributed by atoms with Crippen molar-refractivity contribution in [1.29, 1.82) is 0 Å². The molecule has 2 heteroatoms. The molecule has 0 aliphatic carbocycles. The molecule has 0 saturated carbocycles. The Morgan fingerprint density at radius 3 is 2.38 bits per heavy atom. The summed E-state index contributed by atoms with van der Waals surface area (Å²) in [6, 6.07) is 2.05. The van der Waals surface area contributed by atoms with Gasteiger partial charge < -0.3 is 9.72 Å². The van der Waals surface area contributed by atoms with Crippen LogP contribution in [0.2, 0.25) is 0 Å². The van der Waals surface area contributed by atoms with E-state index in [1.807, 2.05) is 6.07 Å². The van der Waals surface area contributed by atoms with Crippen LogP contribution in [0.25, 0.3) is 0 Å². The molecule has 0 amide bonds. The van der Waals surface area contributed by atoms with Gasteiger partial charge in [-0.2, -0.15) is 0 Å². The van der Waals surface area contributed by atoms with E-state index in [4.69, 9.17) is 4.74 Å². The Bertz CT molecular complexity index is 276. The number of aromatic amines is 1. The zero-order valence-corrected chi connectivity index (χ0v) is 9.14. The van der Waals surface area contributed by atoms with Crippen LogP contribution in [0.4, 0.5) is 0 Å². The van der Waals surface area contributed by atoms with Gasteiger partial charge in [0.25, 0.3) is 0 Å². The third-order valence-electron chi connectivity index (χ3n) is 2.62. The first-order valence-electron chi connectivity index (χ1n) is 4.79. The molecule has 0 saturated heterocycles. The molecule has 0 spiro atoms. The van der Waals surface area contributed by atoms with Crippen molar-refractivity contribution in [3.05, 3.63) is 17.5 Å². The van der Waals surface area contributed by atoms with Gasteiger partial charge in [-0.1, -0.05) is 20.8 Å². The lowest BCUT2D eigenvalue weighted by molar-refractivity contribution is 0.398. The molecule has 1 aromatic heterocycles. The second-order valence-electron chi connectivity index (χ2n) is 3.97. The zero-order chi connectivity index (χ0) is 10.0. The Balaban J connectivity index is 2.98. The van der Waals surface area contributed by atoms with Gasteiger partial charge in [0.2, 0.25) is 0 Å². The average molecular weight is 181 g/mol. The van der Waals surface area contributed by atoms with E-state index in [1.165, 1.54) is 11.4 Å². The van der Waals surface area contributed by atoms with Gasteiger partial charge in [0.1, 0.15) is 5.75 Å². The van der Waals surface area contributed by atoms with E-state index in [-0.39, 0.29) is 0 Å². The lowest BCUT2D eigenvalue weighted by Gasteiger charge is -2.15. The van der Waals surface area contributed by atoms with Crippen molar-refractivity contribution in [2.45, 2.75) is 33.6 Å². The van der Waals surface area contributed by atoms with Crippen molar-refractivity contribution in [3.8, 4) is 5.75 Å². The second kappa shape index (κ2) is 3.86. The smallest absolute Gasteiger partial charge is 0.140 e. The molecule has 0 aliphatic rings. The summed E-state index contributed by atoms with van der Waals surface area (Å²) in [6.45, 7) is 8.72. The molecule has 74 valence electrons. The molecule has 0 aromatic carbocycles. The molecular weight excluding hydrogens is 162 g/mol. The number of nitrogens with one attached hydrogen (secondary N) is 1. The first-order valence-corrected chi connectivity index (χ1v) is 4.79. The molecule has 1 N–H and O–H groups in total. The van der Waals surface area contributed by atoms with Crippen LogP contribution in [-0.2, 0) is 0 Å². The highest BCUT2D eigenvalue weighted by atomic mass is 16.5. The molecule has 1 rings (SSSR count). The van der Waals surface area contributed by atoms with Crippen LogP contribution in [-0.4, -0.2) is 12.1 Å². The van der Waals surface area contributed by atoms with Crippen molar-refractivity contribution < 1.29 is 4.74 Å². The summed E-state index contributed by atoms with van der Waals surface area (Å²) in [5, 5.41) is 0. The van der Waals surface area contributed by atoms with E-state index >= 15 is 0 Å². The van der Waals surface area contributed by atoms with Crippen molar-refractivity contribution in [1.82, 2.24) is 4.98 Å². The minimum absolute atomic E-state index is 0.517. The maximum absolute atomic E-state index is 5.31. The third-order valence-corrected chi connectivity index (χ3v) is 2.62. The first kappa shape index (κ1) is 10.2. The maximum atomic E-state index is 5.31. The summed E-state index contributed by atoms with van der Waals surface area (Å²) in [6.07, 6.45) is 0. The molecule has 13 heavy (non-hydrogen) atoms. The lowest BCUT2D eigenvalue weighted by atomic mass is 9.94. The summed E-state index contributed by atoms with van der Waals surface area (Å²) in [5.74, 6) is 2.13. The minimum atomic E-state index is 0.517. The van der Waals surface area contributed by atoms with Crippen LogP contribution in [0.15, 0.2) is 6.07 Å². The van der Waals surface area contributed by atoms with Gasteiger partial charge in [0, 0.05) is 17.7 Å². The van der Waals surface area contributed by atoms with Crippen LogP contribution in [0.1, 0.15) is 38.1 Å². The van der Waals surface area contributed by atoms with E-state index in [2.05, 4.69) is 32.7 Å². The summed E-state index contributed by atoms with van der Waals surface area (Å²) < 4.78 is 5.31. The van der Waals surface area contributed by atoms with E-state index in [9.17, 15) is 0 Å². The molecule has 0 fully saturated rings. The summed E-state index contributed by atoms with van der Waals surface area (Å²) in [7, 11) is 1.72. The van der Waals surface area contributed by atoms with Crippen molar-refractivity contribution in [2.24, 2.45) is 5.92 Å². The highest BCUT2D eigenvalue weighted by Crippen LogP contribution is 2.31. The molecule has 2 nitrogen and oxygen atoms in total. The topological polar surface area (TPSA) is 25.0 Å². The highest BCUT2D eigenvalue weighted by molar-refractivity contribution is 5.34. The van der Waals surface area contributed by atoms with Crippen LogP contribution >= 0.6 is 0 Å². The van der Waals surface area contributed by atoms with E-state index in [0.717, 1.165) is 5.75 Å². The van der Waals surface area contributed by atoms with Gasteiger partial charge in [-0.15, -0.1) is 0 Å². The number of aryl methyl sites for hydroxylation is 1. The normalized spacial score (nSPS) is 13.4. The zero-order valence-electron chi connectivity index (χ0n) is 9.14. The van der Waals surface area contributed by atoms with Gasteiger partial charge in [0.15, 0.2) is 0 Å². The highest BCUT2D eigenvalue weighted by Gasteiger charge is 2.16. The SMILES string of the molecule is COc1cc(C)[nH]c1C(C)C(C)C. The Hall–Kier alpha value is -0.920. The Morgan fingerprint density at radius 1 is 1.31 bits per heavy atom. The summed E-state index contributed by atoms with van der Waals surface area (Å²) in [4.78, 5) is 3.35. The van der Waals surface area contributed by atoms with Crippen LogP contribution in [0.3, 0.4) is 0 Å². The van der Waals surface area contributed by atoms with E-state index < -0.39 is 0 Å². The second-order valence-corrected chi connectivity index (χ2v) is 3.97. The van der Waals surface area contributed by atoms with Gasteiger partial charge in [-0.3, -0.25) is 0 Å². The quantitative estimate of drug-likeness (QED) is 0.761. The third kappa shape index (κ3) is 2.06. The minimum Gasteiger partial charge on any atom is -0.495 e. The van der Waals surface area contributed by atoms with Gasteiger partial charge >= 0.3 is 0 Å². The number of rotatable bonds is 3. The van der Waals surface area contributed by atoms with Gasteiger partial charge in [-0.25, -0.2) is 0 Å². The number of H-pyrrole nitrogens is 1. The predicted octanol–water partition coefficient (Wildman–Crippen LogP) is 3.09. The number of methoxy groups -OCH3 is 1. The van der Waals surface area contributed by atoms with Crippen molar-refractivity contribution in [2.75, 3.05) is 7.11 Å². The fourth-order valence-corrected chi connectivity index (χ4v) is 1.42. The molecule has 1 heterocycles. The van der Waals surface area contributed by atoms with Crippen LogP contribution in [0.5, 0.6) is 5.75 Å². The predicted molar refractivity (Wildman–Crippen MR) is 55.3 cm³/mol. The molecular formula is C11H19NO. The maximum Gasteiger partial charge on any atom is 0.140 e. The molecule has 1 atom stereocenters. The Morgan fingerprint density at radius 2 is 1.92 bits per heavy atom. The molecule has 0 bridgehead atoms. The molecule has 0 radical (unpaired) electrons.